The normalized spacial score (nSPS) is 21.2. The molecular weight excluding hydrogens is 316 g/mol. The van der Waals surface area contributed by atoms with Gasteiger partial charge in [0, 0.05) is 37.4 Å². The Labute approximate surface area is 149 Å². The molecule has 2 aliphatic rings. The van der Waals surface area contributed by atoms with Gasteiger partial charge < -0.3 is 20.4 Å². The summed E-state index contributed by atoms with van der Waals surface area (Å²) in [5.41, 5.74) is 1.40. The summed E-state index contributed by atoms with van der Waals surface area (Å²) in [6, 6.07) is 7.54. The van der Waals surface area contributed by atoms with Gasteiger partial charge in [0.25, 0.3) is 0 Å². The highest BCUT2D eigenvalue weighted by atomic mass is 16.2. The van der Waals surface area contributed by atoms with Gasteiger partial charge in [-0.3, -0.25) is 4.79 Å². The van der Waals surface area contributed by atoms with Gasteiger partial charge in [-0.25, -0.2) is 4.79 Å². The second kappa shape index (κ2) is 8.34. The first-order chi connectivity index (χ1) is 12.1. The van der Waals surface area contributed by atoms with E-state index in [0.717, 1.165) is 39.0 Å². The Hall–Kier alpha value is -2.08. The van der Waals surface area contributed by atoms with E-state index in [0.29, 0.717) is 17.4 Å². The number of hydrogen-bond donors (Lipinski definition) is 2. The van der Waals surface area contributed by atoms with E-state index in [1.807, 2.05) is 23.1 Å². The van der Waals surface area contributed by atoms with Gasteiger partial charge >= 0.3 is 6.03 Å². The number of nitrogens with one attached hydrogen (secondary N) is 2. The smallest absolute Gasteiger partial charge is 0.322 e. The molecule has 0 radical (unpaired) electrons. The lowest BCUT2D eigenvalue weighted by atomic mass is 10.0. The molecule has 136 valence electrons. The number of nitrogens with zero attached hydrogens (tertiary/aromatic N) is 2. The van der Waals surface area contributed by atoms with Crippen LogP contribution in [0.25, 0.3) is 0 Å². The molecule has 3 rings (SSSR count). The first-order valence-corrected chi connectivity index (χ1v) is 9.29. The van der Waals surface area contributed by atoms with Gasteiger partial charge in [0.05, 0.1) is 0 Å². The molecule has 1 aromatic rings. The quantitative estimate of drug-likeness (QED) is 0.882. The van der Waals surface area contributed by atoms with Crippen LogP contribution in [0.15, 0.2) is 24.3 Å². The Morgan fingerprint density at radius 1 is 1.04 bits per heavy atom. The Balaban J connectivity index is 1.62. The molecule has 0 aromatic heterocycles. The highest BCUT2D eigenvalue weighted by molar-refractivity contribution is 5.92. The predicted molar refractivity (Wildman–Crippen MR) is 99.8 cm³/mol. The monoisotopic (exact) mass is 344 g/mol. The van der Waals surface area contributed by atoms with E-state index in [2.05, 4.69) is 15.5 Å². The van der Waals surface area contributed by atoms with Gasteiger partial charge in [-0.2, -0.15) is 0 Å². The molecule has 0 aliphatic carbocycles. The van der Waals surface area contributed by atoms with Gasteiger partial charge in [0.1, 0.15) is 0 Å². The zero-order valence-electron chi connectivity index (χ0n) is 15.0. The molecule has 6 nitrogen and oxygen atoms in total. The Morgan fingerprint density at radius 3 is 2.44 bits per heavy atom. The minimum absolute atomic E-state index is 0.0381. The van der Waals surface area contributed by atoms with Crippen LogP contribution in [0.1, 0.15) is 39.0 Å². The number of benzene rings is 1. The van der Waals surface area contributed by atoms with Crippen LogP contribution in [-0.4, -0.2) is 54.0 Å². The van der Waals surface area contributed by atoms with Crippen LogP contribution < -0.4 is 10.6 Å². The molecule has 2 N–H and O–H groups in total. The minimum Gasteiger partial charge on any atom is -0.326 e. The largest absolute Gasteiger partial charge is 0.326 e. The number of rotatable bonds is 4. The highest BCUT2D eigenvalue weighted by Crippen LogP contribution is 2.22. The van der Waals surface area contributed by atoms with Crippen molar-refractivity contribution in [2.75, 3.05) is 36.8 Å². The minimum atomic E-state index is -0.120. The lowest BCUT2D eigenvalue weighted by Crippen LogP contribution is -2.50. The average molecular weight is 344 g/mol. The van der Waals surface area contributed by atoms with Gasteiger partial charge in [-0.05, 0) is 63.4 Å². The molecule has 25 heavy (non-hydrogen) atoms. The fourth-order valence-corrected chi connectivity index (χ4v) is 3.79. The summed E-state index contributed by atoms with van der Waals surface area (Å²) in [7, 11) is 0. The fraction of sp³-hybridized carbons (Fsp3) is 0.579. The van der Waals surface area contributed by atoms with Crippen molar-refractivity contribution in [1.29, 1.82) is 0 Å². The summed E-state index contributed by atoms with van der Waals surface area (Å²) >= 11 is 0. The SMILES string of the molecule is CC(=O)Nc1cccc(NC(=O)N2CCCCC2CN2CCCC2)c1. The van der Waals surface area contributed by atoms with Crippen molar-refractivity contribution in [3.63, 3.8) is 0 Å². The number of carbonyl (C=O) groups excluding carboxylic acids is 2. The molecular formula is C19H28N4O2. The molecule has 1 atom stereocenters. The zero-order chi connectivity index (χ0) is 17.6. The molecule has 0 bridgehead atoms. The number of anilines is 2. The van der Waals surface area contributed by atoms with Crippen molar-refractivity contribution in [3.05, 3.63) is 24.3 Å². The van der Waals surface area contributed by atoms with Crippen molar-refractivity contribution < 1.29 is 9.59 Å². The van der Waals surface area contributed by atoms with E-state index in [1.54, 1.807) is 6.07 Å². The second-order valence-electron chi connectivity index (χ2n) is 7.04. The van der Waals surface area contributed by atoms with Crippen LogP contribution in [0.3, 0.4) is 0 Å². The van der Waals surface area contributed by atoms with E-state index in [9.17, 15) is 9.59 Å². The van der Waals surface area contributed by atoms with Crippen molar-refractivity contribution in [1.82, 2.24) is 9.80 Å². The van der Waals surface area contributed by atoms with E-state index < -0.39 is 0 Å². The van der Waals surface area contributed by atoms with Crippen LogP contribution in [0, 0.1) is 0 Å². The number of hydrogen-bond acceptors (Lipinski definition) is 3. The van der Waals surface area contributed by atoms with Crippen molar-refractivity contribution in [2.45, 2.75) is 45.1 Å². The van der Waals surface area contributed by atoms with Crippen LogP contribution in [0.4, 0.5) is 16.2 Å². The first-order valence-electron chi connectivity index (χ1n) is 9.29. The Kier molecular flexibility index (Phi) is 5.91. The highest BCUT2D eigenvalue weighted by Gasteiger charge is 2.29. The van der Waals surface area contributed by atoms with Gasteiger partial charge in [-0.1, -0.05) is 6.07 Å². The maximum absolute atomic E-state index is 12.8. The fourth-order valence-electron chi connectivity index (χ4n) is 3.79. The summed E-state index contributed by atoms with van der Waals surface area (Å²) < 4.78 is 0. The first kappa shape index (κ1) is 17.7. The third-order valence-electron chi connectivity index (χ3n) is 4.99. The average Bonchev–Trinajstić information content (AvgIpc) is 3.08. The summed E-state index contributed by atoms with van der Waals surface area (Å²) in [6.07, 6.45) is 5.88. The van der Waals surface area contributed by atoms with Crippen LogP contribution in [0.5, 0.6) is 0 Å². The Bertz CT molecular complexity index is 613. The van der Waals surface area contributed by atoms with Crippen LogP contribution in [0.2, 0.25) is 0 Å². The second-order valence-corrected chi connectivity index (χ2v) is 7.04. The molecule has 1 unspecified atom stereocenters. The summed E-state index contributed by atoms with van der Waals surface area (Å²) in [6.45, 7) is 5.59. The molecule has 6 heteroatoms. The molecule has 2 fully saturated rings. The topological polar surface area (TPSA) is 64.7 Å². The van der Waals surface area contributed by atoms with Gasteiger partial charge in [0.2, 0.25) is 5.91 Å². The molecule has 0 saturated carbocycles. The molecule has 2 aliphatic heterocycles. The third-order valence-corrected chi connectivity index (χ3v) is 4.99. The van der Waals surface area contributed by atoms with E-state index in [-0.39, 0.29) is 11.9 Å². The van der Waals surface area contributed by atoms with Gasteiger partial charge in [-0.15, -0.1) is 0 Å². The molecule has 1 aromatic carbocycles. The van der Waals surface area contributed by atoms with E-state index in [4.69, 9.17) is 0 Å². The predicted octanol–water partition coefficient (Wildman–Crippen LogP) is 3.13. The van der Waals surface area contributed by atoms with Crippen molar-refractivity contribution >= 4 is 23.3 Å². The molecule has 3 amide bonds. The maximum atomic E-state index is 12.8. The number of piperidine rings is 1. The van der Waals surface area contributed by atoms with Gasteiger partial charge in [0.15, 0.2) is 0 Å². The summed E-state index contributed by atoms with van der Waals surface area (Å²) in [5.74, 6) is -0.120. The lowest BCUT2D eigenvalue weighted by Gasteiger charge is -2.37. The summed E-state index contributed by atoms with van der Waals surface area (Å²) in [4.78, 5) is 28.5. The standard InChI is InChI=1S/C19H28N4O2/c1-15(24)20-16-7-6-8-17(13-16)21-19(25)23-12-3-2-9-18(23)14-22-10-4-5-11-22/h6-8,13,18H,2-5,9-12,14H2,1H3,(H,20,24)(H,21,25). The van der Waals surface area contributed by atoms with Crippen molar-refractivity contribution in [3.8, 4) is 0 Å². The van der Waals surface area contributed by atoms with Crippen LogP contribution >= 0.6 is 0 Å². The number of urea groups is 1. The van der Waals surface area contributed by atoms with Crippen molar-refractivity contribution in [2.24, 2.45) is 0 Å². The molecule has 2 saturated heterocycles. The van der Waals surface area contributed by atoms with Crippen LogP contribution in [-0.2, 0) is 4.79 Å². The zero-order valence-corrected chi connectivity index (χ0v) is 15.0. The number of amides is 3. The van der Waals surface area contributed by atoms with E-state index >= 15 is 0 Å². The molecule has 2 heterocycles. The Morgan fingerprint density at radius 2 is 1.72 bits per heavy atom. The summed E-state index contributed by atoms with van der Waals surface area (Å²) in [5, 5.41) is 5.74. The number of likely N-dealkylation sites (tertiary alicyclic amines) is 2. The van der Waals surface area contributed by atoms with E-state index in [1.165, 1.54) is 26.2 Å². The maximum Gasteiger partial charge on any atom is 0.322 e. The number of carbonyl (C=O) groups is 2. The third kappa shape index (κ3) is 4.95. The lowest BCUT2D eigenvalue weighted by molar-refractivity contribution is -0.114. The molecule has 0 spiro atoms.